The van der Waals surface area contributed by atoms with Crippen molar-refractivity contribution in [1.29, 1.82) is 0 Å². The summed E-state index contributed by atoms with van der Waals surface area (Å²) >= 11 is 0. The summed E-state index contributed by atoms with van der Waals surface area (Å²) in [5.41, 5.74) is 2.73. The van der Waals surface area contributed by atoms with Gasteiger partial charge in [-0.05, 0) is 30.9 Å². The van der Waals surface area contributed by atoms with Crippen LogP contribution < -0.4 is 5.69 Å². The molecule has 0 bridgehead atoms. The summed E-state index contributed by atoms with van der Waals surface area (Å²) in [4.78, 5) is 17.4. The molecule has 0 spiro atoms. The standard InChI is InChI=1S/C18H25N3O3/c1-10-23-16(24-10)12-8-11(12)13-6-7-14-15(19-13)20(5)17(22)21(14)9-18(2,3)4/h6-7,10-12,16H,8-9H2,1-5H3/t10?,11?,12-,16?/m1/s1. The first-order valence-electron chi connectivity index (χ1n) is 8.62. The van der Waals surface area contributed by atoms with E-state index in [1.54, 1.807) is 11.6 Å². The monoisotopic (exact) mass is 331 g/mol. The van der Waals surface area contributed by atoms with Crippen LogP contribution in [0, 0.1) is 11.3 Å². The Labute approximate surface area is 141 Å². The SMILES string of the molecule is CC1OC([C@@H]2CC2c2ccc3c(n2)n(C)c(=O)n3CC(C)(C)C)O1. The van der Waals surface area contributed by atoms with Crippen molar-refractivity contribution < 1.29 is 9.47 Å². The molecule has 2 aliphatic rings. The summed E-state index contributed by atoms with van der Waals surface area (Å²) < 4.78 is 14.7. The molecule has 2 atom stereocenters. The van der Waals surface area contributed by atoms with Crippen LogP contribution in [0.15, 0.2) is 16.9 Å². The fraction of sp³-hybridized carbons (Fsp3) is 0.667. The third-order valence-electron chi connectivity index (χ3n) is 4.86. The molecular weight excluding hydrogens is 306 g/mol. The van der Waals surface area contributed by atoms with Gasteiger partial charge in [-0.25, -0.2) is 9.78 Å². The molecule has 1 saturated heterocycles. The lowest BCUT2D eigenvalue weighted by molar-refractivity contribution is -0.383. The van der Waals surface area contributed by atoms with Crippen molar-refractivity contribution in [3.63, 3.8) is 0 Å². The number of aryl methyl sites for hydroxylation is 1. The Morgan fingerprint density at radius 1 is 1.29 bits per heavy atom. The van der Waals surface area contributed by atoms with E-state index in [9.17, 15) is 4.79 Å². The number of imidazole rings is 1. The second kappa shape index (κ2) is 5.17. The predicted molar refractivity (Wildman–Crippen MR) is 90.7 cm³/mol. The van der Waals surface area contributed by atoms with Gasteiger partial charge in [-0.15, -0.1) is 0 Å². The zero-order chi connectivity index (χ0) is 17.2. The summed E-state index contributed by atoms with van der Waals surface area (Å²) in [6.07, 6.45) is 0.864. The topological polar surface area (TPSA) is 58.3 Å². The van der Waals surface area contributed by atoms with Gasteiger partial charge >= 0.3 is 5.69 Å². The molecule has 1 unspecified atom stereocenters. The molecule has 1 saturated carbocycles. The molecule has 130 valence electrons. The van der Waals surface area contributed by atoms with E-state index in [-0.39, 0.29) is 23.7 Å². The number of pyridine rings is 1. The van der Waals surface area contributed by atoms with Crippen molar-refractivity contribution >= 4 is 11.2 Å². The molecule has 6 nitrogen and oxygen atoms in total. The van der Waals surface area contributed by atoms with Crippen LogP contribution in [0.1, 0.15) is 45.7 Å². The maximum atomic E-state index is 12.6. The lowest BCUT2D eigenvalue weighted by Gasteiger charge is -2.34. The van der Waals surface area contributed by atoms with Crippen LogP contribution in [0.25, 0.3) is 11.2 Å². The highest BCUT2D eigenvalue weighted by molar-refractivity contribution is 5.72. The van der Waals surface area contributed by atoms with Crippen LogP contribution >= 0.6 is 0 Å². The lowest BCUT2D eigenvalue weighted by Crippen LogP contribution is -2.40. The van der Waals surface area contributed by atoms with Crippen molar-refractivity contribution in [3.8, 4) is 0 Å². The number of ether oxygens (including phenoxy) is 2. The summed E-state index contributed by atoms with van der Waals surface area (Å²) in [5, 5.41) is 0. The van der Waals surface area contributed by atoms with E-state index in [1.807, 2.05) is 23.6 Å². The maximum absolute atomic E-state index is 12.6. The minimum absolute atomic E-state index is 0.00333. The highest BCUT2D eigenvalue weighted by atomic mass is 16.9. The van der Waals surface area contributed by atoms with E-state index in [0.29, 0.717) is 18.4 Å². The third-order valence-corrected chi connectivity index (χ3v) is 4.86. The van der Waals surface area contributed by atoms with Crippen LogP contribution in [-0.2, 0) is 23.1 Å². The van der Waals surface area contributed by atoms with Crippen LogP contribution in [0.2, 0.25) is 0 Å². The van der Waals surface area contributed by atoms with Crippen molar-refractivity contribution in [3.05, 3.63) is 28.3 Å². The van der Waals surface area contributed by atoms with Gasteiger partial charge in [-0.2, -0.15) is 0 Å². The number of rotatable bonds is 3. The summed E-state index contributed by atoms with van der Waals surface area (Å²) in [6, 6.07) is 4.08. The minimum atomic E-state index is -0.0863. The van der Waals surface area contributed by atoms with E-state index in [0.717, 1.165) is 23.3 Å². The van der Waals surface area contributed by atoms with Gasteiger partial charge in [-0.1, -0.05) is 20.8 Å². The molecule has 2 aromatic heterocycles. The smallest absolute Gasteiger partial charge is 0.324 e. The maximum Gasteiger partial charge on any atom is 0.330 e. The number of hydrogen-bond donors (Lipinski definition) is 0. The Morgan fingerprint density at radius 2 is 2.00 bits per heavy atom. The van der Waals surface area contributed by atoms with Crippen molar-refractivity contribution in [2.45, 2.75) is 59.2 Å². The molecule has 24 heavy (non-hydrogen) atoms. The molecule has 0 radical (unpaired) electrons. The van der Waals surface area contributed by atoms with E-state index < -0.39 is 0 Å². The van der Waals surface area contributed by atoms with Crippen LogP contribution in [0.5, 0.6) is 0 Å². The van der Waals surface area contributed by atoms with E-state index in [1.165, 1.54) is 0 Å². The van der Waals surface area contributed by atoms with Crippen LogP contribution in [0.3, 0.4) is 0 Å². The summed E-state index contributed by atoms with van der Waals surface area (Å²) in [6.45, 7) is 8.99. The molecule has 3 heterocycles. The number of hydrogen-bond acceptors (Lipinski definition) is 4. The average Bonchev–Trinajstić information content (AvgIpc) is 3.23. The molecule has 0 amide bonds. The lowest BCUT2D eigenvalue weighted by atomic mass is 9.97. The Kier molecular flexibility index (Phi) is 3.41. The first kappa shape index (κ1) is 15.8. The zero-order valence-electron chi connectivity index (χ0n) is 14.9. The average molecular weight is 331 g/mol. The van der Waals surface area contributed by atoms with Gasteiger partial charge in [0.25, 0.3) is 0 Å². The number of aromatic nitrogens is 3. The Balaban J connectivity index is 1.65. The van der Waals surface area contributed by atoms with Crippen LogP contribution in [-0.4, -0.2) is 26.7 Å². The molecule has 1 aliphatic heterocycles. The predicted octanol–water partition coefficient (Wildman–Crippen LogP) is 2.60. The first-order valence-corrected chi connectivity index (χ1v) is 8.62. The minimum Gasteiger partial charge on any atom is -0.324 e. The fourth-order valence-corrected chi connectivity index (χ4v) is 3.57. The Bertz CT molecular complexity index is 840. The molecule has 0 aromatic carbocycles. The van der Waals surface area contributed by atoms with Gasteiger partial charge in [0.05, 0.1) is 5.52 Å². The quantitative estimate of drug-likeness (QED) is 0.867. The number of fused-ring (bicyclic) bond motifs is 1. The highest BCUT2D eigenvalue weighted by Gasteiger charge is 2.50. The van der Waals surface area contributed by atoms with Gasteiger partial charge in [0.2, 0.25) is 0 Å². The summed E-state index contributed by atoms with van der Waals surface area (Å²) in [7, 11) is 1.80. The Hall–Kier alpha value is -1.66. The Morgan fingerprint density at radius 3 is 2.62 bits per heavy atom. The number of nitrogens with zero attached hydrogens (tertiary/aromatic N) is 3. The first-order chi connectivity index (χ1) is 11.2. The second-order valence-electron chi connectivity index (χ2n) is 8.28. The van der Waals surface area contributed by atoms with Crippen molar-refractivity contribution in [2.75, 3.05) is 0 Å². The molecule has 1 aliphatic carbocycles. The van der Waals surface area contributed by atoms with Gasteiger partial charge in [-0.3, -0.25) is 9.13 Å². The largest absolute Gasteiger partial charge is 0.330 e. The summed E-state index contributed by atoms with van der Waals surface area (Å²) in [5.74, 6) is 0.757. The molecule has 6 heteroatoms. The fourth-order valence-electron chi connectivity index (χ4n) is 3.57. The molecule has 2 fully saturated rings. The molecule has 4 rings (SSSR count). The molecular formula is C18H25N3O3. The van der Waals surface area contributed by atoms with Gasteiger partial charge in [0.1, 0.15) is 0 Å². The molecule has 0 N–H and O–H groups in total. The normalized spacial score (nSPS) is 29.7. The van der Waals surface area contributed by atoms with E-state index in [2.05, 4.69) is 20.8 Å². The zero-order valence-corrected chi connectivity index (χ0v) is 14.9. The third kappa shape index (κ3) is 2.58. The second-order valence-corrected chi connectivity index (χ2v) is 8.28. The van der Waals surface area contributed by atoms with E-state index in [4.69, 9.17) is 14.5 Å². The van der Waals surface area contributed by atoms with Crippen molar-refractivity contribution in [1.82, 2.24) is 14.1 Å². The van der Waals surface area contributed by atoms with Crippen LogP contribution in [0.4, 0.5) is 0 Å². The molecule has 2 aromatic rings. The van der Waals surface area contributed by atoms with Gasteiger partial charge in [0, 0.05) is 31.1 Å². The van der Waals surface area contributed by atoms with Gasteiger partial charge in [0.15, 0.2) is 18.2 Å². The highest BCUT2D eigenvalue weighted by Crippen LogP contribution is 2.52. The van der Waals surface area contributed by atoms with Gasteiger partial charge < -0.3 is 9.47 Å². The van der Waals surface area contributed by atoms with E-state index >= 15 is 0 Å². The van der Waals surface area contributed by atoms with Crippen molar-refractivity contribution in [2.24, 2.45) is 18.4 Å².